The van der Waals surface area contributed by atoms with Crippen molar-refractivity contribution < 1.29 is 14.3 Å². The fourth-order valence-electron chi connectivity index (χ4n) is 4.59. The van der Waals surface area contributed by atoms with Gasteiger partial charge in [0.2, 0.25) is 0 Å². The van der Waals surface area contributed by atoms with Crippen molar-refractivity contribution in [2.45, 2.75) is 45.6 Å². The summed E-state index contributed by atoms with van der Waals surface area (Å²) < 4.78 is 13.0. The van der Waals surface area contributed by atoms with E-state index in [1.165, 1.54) is 5.56 Å². The molecular formula is C27H28IN3O3. The zero-order valence-corrected chi connectivity index (χ0v) is 21.8. The molecule has 0 saturated heterocycles. The lowest BCUT2D eigenvalue weighted by molar-refractivity contribution is -0.116. The van der Waals surface area contributed by atoms with E-state index in [4.69, 9.17) is 15.2 Å². The molecule has 4 rings (SSSR count). The molecule has 0 saturated carbocycles. The van der Waals surface area contributed by atoms with Crippen LogP contribution in [-0.2, 0) is 11.4 Å². The monoisotopic (exact) mass is 569 g/mol. The zero-order chi connectivity index (χ0) is 24.4. The lowest BCUT2D eigenvalue weighted by Gasteiger charge is -2.37. The normalized spacial score (nSPS) is 18.0. The van der Waals surface area contributed by atoms with Gasteiger partial charge in [-0.05, 0) is 72.5 Å². The van der Waals surface area contributed by atoms with Gasteiger partial charge in [0.05, 0.1) is 27.7 Å². The highest BCUT2D eigenvalue weighted by atomic mass is 127. The highest BCUT2D eigenvalue weighted by Crippen LogP contribution is 2.46. The van der Waals surface area contributed by atoms with Crippen molar-refractivity contribution in [2.75, 3.05) is 13.7 Å². The Morgan fingerprint density at radius 1 is 1.21 bits per heavy atom. The number of carbonyl (C=O) groups excluding carboxylic acids is 1. The van der Waals surface area contributed by atoms with Gasteiger partial charge in [0.1, 0.15) is 12.4 Å². The number of hydrogen-bond acceptors (Lipinski definition) is 6. The van der Waals surface area contributed by atoms with E-state index >= 15 is 0 Å². The van der Waals surface area contributed by atoms with Crippen LogP contribution in [0.5, 0.6) is 11.5 Å². The largest absolute Gasteiger partial charge is 0.490 e. The molecule has 0 fully saturated rings. The number of benzene rings is 2. The summed E-state index contributed by atoms with van der Waals surface area (Å²) in [5, 5.41) is 10.0. The second-order valence-corrected chi connectivity index (χ2v) is 9.74. The lowest BCUT2D eigenvalue weighted by Crippen LogP contribution is -2.36. The molecule has 2 N–H and O–H groups in total. The number of rotatable bonds is 6. The summed E-state index contributed by atoms with van der Waals surface area (Å²) in [4.78, 5) is 14.9. The van der Waals surface area contributed by atoms with E-state index in [2.05, 4.69) is 47.7 Å². The van der Waals surface area contributed by atoms with Gasteiger partial charge >= 0.3 is 0 Å². The Bertz CT molecular complexity index is 1220. The second kappa shape index (κ2) is 10.1. The number of nitriles is 1. The first-order chi connectivity index (χ1) is 16.3. The standard InChI is InChI=1S/C27H28IN3O3/c1-4-33-23-13-18(12-20(28)26(23)34-15-17-10-8-16(2)9-11-17)24-19(14-29)27(30)31(3)21-6-5-7-22(32)25(21)24/h8-13,24H,4-7,15,30H2,1-3H3/t24-/m1/s1. The highest BCUT2D eigenvalue weighted by Gasteiger charge is 2.39. The van der Waals surface area contributed by atoms with Crippen LogP contribution in [0.3, 0.4) is 0 Å². The van der Waals surface area contributed by atoms with Crippen molar-refractivity contribution in [3.8, 4) is 17.6 Å². The average Bonchev–Trinajstić information content (AvgIpc) is 2.82. The van der Waals surface area contributed by atoms with Crippen LogP contribution >= 0.6 is 22.6 Å². The van der Waals surface area contributed by atoms with Gasteiger partial charge in [-0.3, -0.25) is 4.79 Å². The number of ether oxygens (including phenoxy) is 2. The Morgan fingerprint density at radius 3 is 2.62 bits per heavy atom. The summed E-state index contributed by atoms with van der Waals surface area (Å²) >= 11 is 2.23. The third-order valence-electron chi connectivity index (χ3n) is 6.34. The van der Waals surface area contributed by atoms with Gasteiger partial charge < -0.3 is 20.1 Å². The molecule has 0 unspecified atom stereocenters. The van der Waals surface area contributed by atoms with Crippen LogP contribution in [0, 0.1) is 21.8 Å². The first-order valence-corrected chi connectivity index (χ1v) is 12.5. The van der Waals surface area contributed by atoms with Crippen LogP contribution in [-0.4, -0.2) is 24.3 Å². The number of nitrogens with two attached hydrogens (primary N) is 1. The van der Waals surface area contributed by atoms with Crippen molar-refractivity contribution in [3.05, 3.63) is 79.3 Å². The van der Waals surface area contributed by atoms with Crippen LogP contribution < -0.4 is 15.2 Å². The Balaban J connectivity index is 1.77. The van der Waals surface area contributed by atoms with Crippen molar-refractivity contribution in [1.29, 1.82) is 5.26 Å². The summed E-state index contributed by atoms with van der Waals surface area (Å²) in [7, 11) is 1.83. The van der Waals surface area contributed by atoms with E-state index in [-0.39, 0.29) is 5.78 Å². The van der Waals surface area contributed by atoms with Gasteiger partial charge in [-0.1, -0.05) is 29.8 Å². The fourth-order valence-corrected chi connectivity index (χ4v) is 5.37. The van der Waals surface area contributed by atoms with Crippen molar-refractivity contribution in [2.24, 2.45) is 5.73 Å². The van der Waals surface area contributed by atoms with Crippen LogP contribution in [0.1, 0.15) is 48.8 Å². The van der Waals surface area contributed by atoms with Crippen molar-refractivity contribution in [3.63, 3.8) is 0 Å². The van der Waals surface area contributed by atoms with Gasteiger partial charge in [-0.2, -0.15) is 5.26 Å². The maximum absolute atomic E-state index is 13.1. The summed E-state index contributed by atoms with van der Waals surface area (Å²) in [6.45, 7) is 4.84. The van der Waals surface area contributed by atoms with E-state index in [1.54, 1.807) is 4.90 Å². The third kappa shape index (κ3) is 4.51. The van der Waals surface area contributed by atoms with Gasteiger partial charge in [-0.25, -0.2) is 0 Å². The summed E-state index contributed by atoms with van der Waals surface area (Å²) in [5.41, 5.74) is 11.4. The summed E-state index contributed by atoms with van der Waals surface area (Å²) in [6, 6.07) is 14.4. The van der Waals surface area contributed by atoms with E-state index in [9.17, 15) is 10.1 Å². The van der Waals surface area contributed by atoms with Gasteiger partial charge in [0.15, 0.2) is 17.3 Å². The number of hydrogen-bond donors (Lipinski definition) is 1. The second-order valence-electron chi connectivity index (χ2n) is 8.58. The summed E-state index contributed by atoms with van der Waals surface area (Å²) in [6.07, 6.45) is 2.03. The van der Waals surface area contributed by atoms with Crippen molar-refractivity contribution >= 4 is 28.4 Å². The maximum Gasteiger partial charge on any atom is 0.174 e. The molecule has 1 aliphatic heterocycles. The zero-order valence-electron chi connectivity index (χ0n) is 19.7. The topological polar surface area (TPSA) is 88.6 Å². The molecule has 176 valence electrons. The number of nitrogens with zero attached hydrogens (tertiary/aromatic N) is 2. The van der Waals surface area contributed by atoms with Crippen LogP contribution in [0.25, 0.3) is 0 Å². The minimum Gasteiger partial charge on any atom is -0.490 e. The Kier molecular flexibility index (Phi) is 7.17. The number of allylic oxidation sites excluding steroid dienone is 3. The smallest absolute Gasteiger partial charge is 0.174 e. The number of aryl methyl sites for hydroxylation is 1. The predicted octanol–water partition coefficient (Wildman–Crippen LogP) is 5.31. The molecule has 1 heterocycles. The first kappa shape index (κ1) is 24.1. The van der Waals surface area contributed by atoms with Crippen LogP contribution in [0.2, 0.25) is 0 Å². The molecule has 2 aromatic rings. The highest BCUT2D eigenvalue weighted by molar-refractivity contribution is 14.1. The summed E-state index contributed by atoms with van der Waals surface area (Å²) in [5.74, 6) is 1.21. The molecule has 2 aromatic carbocycles. The maximum atomic E-state index is 13.1. The molecule has 1 atom stereocenters. The molecule has 7 heteroatoms. The predicted molar refractivity (Wildman–Crippen MR) is 139 cm³/mol. The molecule has 2 aliphatic rings. The van der Waals surface area contributed by atoms with E-state index < -0.39 is 5.92 Å². The average molecular weight is 569 g/mol. The number of ketones is 1. The molecule has 0 radical (unpaired) electrons. The fraction of sp³-hybridized carbons (Fsp3) is 0.333. The minimum absolute atomic E-state index is 0.0750. The molecule has 0 bridgehead atoms. The molecule has 0 aromatic heterocycles. The quantitative estimate of drug-likeness (QED) is 0.475. The van der Waals surface area contributed by atoms with Gasteiger partial charge in [0.25, 0.3) is 0 Å². The molecule has 1 aliphatic carbocycles. The molecule has 6 nitrogen and oxygen atoms in total. The third-order valence-corrected chi connectivity index (χ3v) is 7.14. The van der Waals surface area contributed by atoms with E-state index in [0.29, 0.717) is 48.1 Å². The SMILES string of the molecule is CCOc1cc([C@@H]2C(C#N)=C(N)N(C)C3=C2C(=O)CCC3)cc(I)c1OCc1ccc(C)cc1. The van der Waals surface area contributed by atoms with Crippen LogP contribution in [0.4, 0.5) is 0 Å². The van der Waals surface area contributed by atoms with Gasteiger partial charge in [0, 0.05) is 24.7 Å². The molecule has 0 spiro atoms. The Labute approximate surface area is 214 Å². The van der Waals surface area contributed by atoms with Crippen LogP contribution in [0.15, 0.2) is 59.1 Å². The Morgan fingerprint density at radius 2 is 1.94 bits per heavy atom. The Hall–Kier alpha value is -2.99. The molecular weight excluding hydrogens is 541 g/mol. The first-order valence-electron chi connectivity index (χ1n) is 11.4. The molecule has 0 amide bonds. The minimum atomic E-state index is -0.511. The number of Topliss-reactive ketones (excluding diaryl/α,β-unsaturated/α-hetero) is 1. The lowest BCUT2D eigenvalue weighted by atomic mass is 9.76. The van der Waals surface area contributed by atoms with Gasteiger partial charge in [-0.15, -0.1) is 0 Å². The van der Waals surface area contributed by atoms with Crippen molar-refractivity contribution in [1.82, 2.24) is 4.90 Å². The van der Waals surface area contributed by atoms with E-state index in [1.807, 2.05) is 38.2 Å². The number of halogens is 1. The molecule has 34 heavy (non-hydrogen) atoms. The van der Waals surface area contributed by atoms with E-state index in [0.717, 1.165) is 33.2 Å². The number of carbonyl (C=O) groups is 1.